The lowest BCUT2D eigenvalue weighted by Gasteiger charge is -2.51. The van der Waals surface area contributed by atoms with E-state index in [0.29, 0.717) is 18.6 Å². The smallest absolute Gasteiger partial charge is 0.276 e. The molecule has 8 nitrogen and oxygen atoms in total. The zero-order valence-electron chi connectivity index (χ0n) is 21.0. The van der Waals surface area contributed by atoms with Crippen LogP contribution in [0.5, 0.6) is 5.75 Å². The number of hydrogen-bond acceptors (Lipinski definition) is 5. The number of hydrogen-bond donors (Lipinski definition) is 2. The Kier molecular flexibility index (Phi) is 6.42. The molecule has 0 spiro atoms. The maximum absolute atomic E-state index is 13.9. The first-order valence-corrected chi connectivity index (χ1v) is 13.0. The van der Waals surface area contributed by atoms with Crippen LogP contribution in [0.4, 0.5) is 8.78 Å². The second-order valence-corrected chi connectivity index (χ2v) is 10.4. The number of amides is 2. The first-order chi connectivity index (χ1) is 18.8. The number of halogens is 2. The van der Waals surface area contributed by atoms with Gasteiger partial charge in [0.1, 0.15) is 17.2 Å². The third kappa shape index (κ3) is 4.48. The average Bonchev–Trinajstić information content (AvgIpc) is 2.94. The molecule has 3 aliphatic rings. The Morgan fingerprint density at radius 3 is 2.67 bits per heavy atom. The van der Waals surface area contributed by atoms with E-state index in [1.54, 1.807) is 4.90 Å². The molecule has 10 heteroatoms. The van der Waals surface area contributed by atoms with Crippen molar-refractivity contribution in [1.82, 2.24) is 14.8 Å². The molecule has 1 aromatic heterocycles. The fourth-order valence-electron chi connectivity index (χ4n) is 6.18. The van der Waals surface area contributed by atoms with Crippen LogP contribution in [0.15, 0.2) is 59.5 Å². The first-order valence-electron chi connectivity index (χ1n) is 13.0. The van der Waals surface area contributed by atoms with Gasteiger partial charge in [-0.15, -0.1) is 0 Å². The van der Waals surface area contributed by atoms with E-state index in [2.05, 4.69) is 17.4 Å². The van der Waals surface area contributed by atoms with Crippen molar-refractivity contribution in [2.75, 3.05) is 6.61 Å². The standard InChI is InChI=1S/C29H27F2N3O5/c30-20-8-6-18(22(31)11-20)12-32-28(37)21-13-33-14-24-34(29(38)25(33)27(36)26(21)35)23-9-7-17(10-19(23)15-39-24)16-4-2-1-3-5-16/h1-6,8,11,13,17,19,23-24,36H,7,9-10,12,14-15H2,(H,32,37)/t17-,19?,23-,24+/m0/s1. The number of ether oxygens (including phenoxy) is 1. The zero-order valence-corrected chi connectivity index (χ0v) is 21.0. The maximum Gasteiger partial charge on any atom is 0.276 e. The number of nitrogens with zero attached hydrogens (tertiary/aromatic N) is 2. The fourth-order valence-corrected chi connectivity index (χ4v) is 6.18. The quantitative estimate of drug-likeness (QED) is 0.533. The van der Waals surface area contributed by atoms with E-state index in [0.717, 1.165) is 25.3 Å². The molecule has 4 atom stereocenters. The Bertz CT molecular complexity index is 1510. The van der Waals surface area contributed by atoms with Gasteiger partial charge in [0.05, 0.1) is 13.2 Å². The van der Waals surface area contributed by atoms with Crippen molar-refractivity contribution in [3.8, 4) is 5.75 Å². The van der Waals surface area contributed by atoms with Crippen LogP contribution in [0.25, 0.3) is 0 Å². The van der Waals surface area contributed by atoms with E-state index in [1.165, 1.54) is 22.4 Å². The molecule has 1 saturated heterocycles. The van der Waals surface area contributed by atoms with Gasteiger partial charge in [0.25, 0.3) is 11.8 Å². The van der Waals surface area contributed by atoms with Crippen LogP contribution in [-0.2, 0) is 17.8 Å². The van der Waals surface area contributed by atoms with E-state index >= 15 is 0 Å². The van der Waals surface area contributed by atoms with Crippen molar-refractivity contribution < 1.29 is 28.2 Å². The van der Waals surface area contributed by atoms with Gasteiger partial charge >= 0.3 is 0 Å². The molecule has 2 N–H and O–H groups in total. The SMILES string of the molecule is O=C(NCc1ccc(F)cc1F)c1cn2c(c(O)c1=O)C(=O)N1[C@@H](C2)OCC2C[C@@H](c3ccccc3)CC[C@@H]21. The number of pyridine rings is 1. The average molecular weight is 536 g/mol. The molecule has 39 heavy (non-hydrogen) atoms. The van der Waals surface area contributed by atoms with E-state index in [1.807, 2.05) is 18.2 Å². The van der Waals surface area contributed by atoms with Crippen molar-refractivity contribution >= 4 is 11.8 Å². The summed E-state index contributed by atoms with van der Waals surface area (Å²) in [6.07, 6.45) is 3.20. The van der Waals surface area contributed by atoms with Crippen LogP contribution in [0, 0.1) is 17.6 Å². The van der Waals surface area contributed by atoms with E-state index in [4.69, 9.17) is 4.74 Å². The highest BCUT2D eigenvalue weighted by molar-refractivity contribution is 5.99. The number of fused-ring (bicyclic) bond motifs is 4. The summed E-state index contributed by atoms with van der Waals surface area (Å²) >= 11 is 0. The van der Waals surface area contributed by atoms with Crippen molar-refractivity contribution in [3.05, 3.63) is 99.0 Å². The summed E-state index contributed by atoms with van der Waals surface area (Å²) in [6.45, 7) is 0.339. The summed E-state index contributed by atoms with van der Waals surface area (Å²) in [6, 6.07) is 13.1. The molecule has 2 amide bonds. The molecular formula is C29H27F2N3O5. The minimum absolute atomic E-state index is 0.0324. The number of nitrogens with one attached hydrogen (secondary N) is 1. The van der Waals surface area contributed by atoms with Gasteiger partial charge in [-0.1, -0.05) is 36.4 Å². The third-order valence-electron chi connectivity index (χ3n) is 8.13. The maximum atomic E-state index is 13.9. The Balaban J connectivity index is 1.23. The molecule has 1 unspecified atom stereocenters. The monoisotopic (exact) mass is 535 g/mol. The zero-order chi connectivity index (χ0) is 27.3. The lowest BCUT2D eigenvalue weighted by atomic mass is 9.74. The minimum atomic E-state index is -0.993. The number of aromatic hydroxyl groups is 1. The first kappa shape index (κ1) is 25.2. The lowest BCUT2D eigenvalue weighted by Crippen LogP contribution is -2.62. The Morgan fingerprint density at radius 2 is 1.90 bits per heavy atom. The predicted octanol–water partition coefficient (Wildman–Crippen LogP) is 3.53. The number of rotatable bonds is 4. The van der Waals surface area contributed by atoms with Gasteiger partial charge < -0.3 is 24.6 Å². The van der Waals surface area contributed by atoms with E-state index in [9.17, 15) is 28.3 Å². The number of carbonyl (C=O) groups is 2. The summed E-state index contributed by atoms with van der Waals surface area (Å²) in [7, 11) is 0. The van der Waals surface area contributed by atoms with Gasteiger partial charge in [0.2, 0.25) is 5.43 Å². The Labute approximate surface area is 222 Å². The van der Waals surface area contributed by atoms with Gasteiger partial charge in [-0.25, -0.2) is 8.78 Å². The van der Waals surface area contributed by atoms with Gasteiger partial charge in [-0.3, -0.25) is 14.4 Å². The van der Waals surface area contributed by atoms with Crippen LogP contribution in [0.2, 0.25) is 0 Å². The highest BCUT2D eigenvalue weighted by atomic mass is 19.1. The number of carbonyl (C=O) groups excluding carboxylic acids is 2. The van der Waals surface area contributed by atoms with Crippen molar-refractivity contribution in [2.24, 2.45) is 5.92 Å². The number of benzene rings is 2. The highest BCUT2D eigenvalue weighted by Crippen LogP contribution is 2.43. The highest BCUT2D eigenvalue weighted by Gasteiger charge is 2.48. The summed E-state index contributed by atoms with van der Waals surface area (Å²) in [5, 5.41) is 13.2. The van der Waals surface area contributed by atoms with Gasteiger partial charge in [-0.05, 0) is 36.8 Å². The Hall–Kier alpha value is -4.05. The van der Waals surface area contributed by atoms with Crippen molar-refractivity contribution in [3.63, 3.8) is 0 Å². The topological polar surface area (TPSA) is 101 Å². The predicted molar refractivity (Wildman–Crippen MR) is 136 cm³/mol. The summed E-state index contributed by atoms with van der Waals surface area (Å²) < 4.78 is 34.6. The molecule has 2 aromatic carbocycles. The molecule has 1 saturated carbocycles. The molecule has 0 bridgehead atoms. The van der Waals surface area contributed by atoms with Crippen LogP contribution in [-0.4, -0.2) is 45.3 Å². The summed E-state index contributed by atoms with van der Waals surface area (Å²) in [5.41, 5.74) is -0.258. The summed E-state index contributed by atoms with van der Waals surface area (Å²) in [5.74, 6) is -3.25. The molecule has 0 radical (unpaired) electrons. The summed E-state index contributed by atoms with van der Waals surface area (Å²) in [4.78, 5) is 41.0. The van der Waals surface area contributed by atoms with Crippen LogP contribution in [0.3, 0.4) is 0 Å². The molecule has 6 rings (SSSR count). The van der Waals surface area contributed by atoms with E-state index in [-0.39, 0.29) is 36.3 Å². The second kappa shape index (κ2) is 9.92. The molecular weight excluding hydrogens is 508 g/mol. The third-order valence-corrected chi connectivity index (χ3v) is 8.13. The van der Waals surface area contributed by atoms with E-state index < -0.39 is 46.4 Å². The largest absolute Gasteiger partial charge is 0.503 e. The molecule has 2 fully saturated rings. The fraction of sp³-hybridized carbons (Fsp3) is 0.345. The van der Waals surface area contributed by atoms with Gasteiger partial charge in [0, 0.05) is 36.3 Å². The normalized spacial score (nSPS) is 23.9. The minimum Gasteiger partial charge on any atom is -0.503 e. The van der Waals surface area contributed by atoms with Gasteiger partial charge in [0.15, 0.2) is 17.7 Å². The van der Waals surface area contributed by atoms with Crippen LogP contribution in [0.1, 0.15) is 57.2 Å². The molecule has 3 aromatic rings. The molecule has 2 aliphatic heterocycles. The van der Waals surface area contributed by atoms with Crippen LogP contribution >= 0.6 is 0 Å². The number of aromatic nitrogens is 1. The van der Waals surface area contributed by atoms with Crippen LogP contribution < -0.4 is 10.7 Å². The molecule has 1 aliphatic carbocycles. The lowest BCUT2D eigenvalue weighted by molar-refractivity contribution is -0.151. The van der Waals surface area contributed by atoms with Crippen molar-refractivity contribution in [1.29, 1.82) is 0 Å². The van der Waals surface area contributed by atoms with Crippen molar-refractivity contribution in [2.45, 2.75) is 50.5 Å². The second-order valence-electron chi connectivity index (χ2n) is 10.4. The molecule has 202 valence electrons. The Morgan fingerprint density at radius 1 is 1.10 bits per heavy atom. The van der Waals surface area contributed by atoms with Gasteiger partial charge in [-0.2, -0.15) is 0 Å². The molecule has 3 heterocycles.